The Morgan fingerprint density at radius 3 is 2.69 bits per heavy atom. The van der Waals surface area contributed by atoms with Crippen molar-refractivity contribution < 1.29 is 9.13 Å². The summed E-state index contributed by atoms with van der Waals surface area (Å²) in [6.07, 6.45) is 0. The number of methoxy groups -OCH3 is 1. The first-order valence-electron chi connectivity index (χ1n) is 4.22. The van der Waals surface area contributed by atoms with Gasteiger partial charge in [-0.1, -0.05) is 13.0 Å². The third kappa shape index (κ3) is 2.18. The van der Waals surface area contributed by atoms with Gasteiger partial charge in [0.2, 0.25) is 0 Å². The number of hydrogen-bond donors (Lipinski definition) is 1. The molecule has 1 aromatic carbocycles. The molecule has 0 aliphatic rings. The number of halogens is 1. The number of benzene rings is 1. The Hall–Kier alpha value is -1.09. The van der Waals surface area contributed by atoms with Crippen molar-refractivity contribution >= 4 is 0 Å². The molecule has 0 unspecified atom stereocenters. The second-order valence-corrected chi connectivity index (χ2v) is 3.02. The molecule has 2 N–H and O–H groups in total. The van der Waals surface area contributed by atoms with E-state index in [0.29, 0.717) is 17.9 Å². The van der Waals surface area contributed by atoms with Gasteiger partial charge in [0.15, 0.2) is 0 Å². The maximum Gasteiger partial charge on any atom is 0.130 e. The lowest BCUT2D eigenvalue weighted by atomic mass is 10.0. The average molecular weight is 183 g/mol. The molecular formula is C10H14FNO. The van der Waals surface area contributed by atoms with Crippen LogP contribution in [0.5, 0.6) is 5.75 Å². The van der Waals surface area contributed by atoms with Crippen LogP contribution in [0.1, 0.15) is 18.4 Å². The Kier molecular flexibility index (Phi) is 3.25. The van der Waals surface area contributed by atoms with E-state index in [1.54, 1.807) is 12.1 Å². The maximum atomic E-state index is 13.3. The summed E-state index contributed by atoms with van der Waals surface area (Å²) in [6, 6.07) is 4.83. The third-order valence-electron chi connectivity index (χ3n) is 2.09. The van der Waals surface area contributed by atoms with Crippen LogP contribution in [0.25, 0.3) is 0 Å². The van der Waals surface area contributed by atoms with E-state index < -0.39 is 0 Å². The molecule has 13 heavy (non-hydrogen) atoms. The smallest absolute Gasteiger partial charge is 0.130 e. The van der Waals surface area contributed by atoms with E-state index in [1.807, 2.05) is 6.92 Å². The Morgan fingerprint density at radius 2 is 2.23 bits per heavy atom. The normalized spacial score (nSPS) is 12.6. The van der Waals surface area contributed by atoms with Gasteiger partial charge in [-0.15, -0.1) is 0 Å². The van der Waals surface area contributed by atoms with Gasteiger partial charge >= 0.3 is 0 Å². The van der Waals surface area contributed by atoms with Gasteiger partial charge < -0.3 is 10.5 Å². The van der Waals surface area contributed by atoms with Gasteiger partial charge in [-0.2, -0.15) is 0 Å². The van der Waals surface area contributed by atoms with Crippen LogP contribution >= 0.6 is 0 Å². The second kappa shape index (κ2) is 4.23. The standard InChI is InChI=1S/C10H14FNO/c1-7(6-12)9-4-3-8(13-2)5-10(9)11/h3-5,7H,6,12H2,1-2H3/t7-/m0/s1. The predicted molar refractivity (Wildman–Crippen MR) is 50.4 cm³/mol. The van der Waals surface area contributed by atoms with Crippen molar-refractivity contribution in [3.8, 4) is 5.75 Å². The second-order valence-electron chi connectivity index (χ2n) is 3.02. The SMILES string of the molecule is COc1ccc([C@@H](C)CN)c(F)c1. The fourth-order valence-corrected chi connectivity index (χ4v) is 1.16. The number of ether oxygens (including phenoxy) is 1. The predicted octanol–water partition coefficient (Wildman–Crippen LogP) is 1.90. The molecule has 0 saturated heterocycles. The molecule has 0 aromatic heterocycles. The molecular weight excluding hydrogens is 169 g/mol. The van der Waals surface area contributed by atoms with Crippen LogP contribution < -0.4 is 10.5 Å². The van der Waals surface area contributed by atoms with Crippen LogP contribution in [0.2, 0.25) is 0 Å². The summed E-state index contributed by atoms with van der Waals surface area (Å²) in [5, 5.41) is 0. The number of rotatable bonds is 3. The quantitative estimate of drug-likeness (QED) is 0.776. The Labute approximate surface area is 77.5 Å². The summed E-state index contributed by atoms with van der Waals surface area (Å²) in [4.78, 5) is 0. The topological polar surface area (TPSA) is 35.2 Å². The lowest BCUT2D eigenvalue weighted by molar-refractivity contribution is 0.410. The van der Waals surface area contributed by atoms with Crippen molar-refractivity contribution in [1.82, 2.24) is 0 Å². The van der Waals surface area contributed by atoms with Gasteiger partial charge in [-0.3, -0.25) is 0 Å². The van der Waals surface area contributed by atoms with Gasteiger partial charge in [0.25, 0.3) is 0 Å². The minimum atomic E-state index is -0.252. The van der Waals surface area contributed by atoms with Crippen LogP contribution in [-0.2, 0) is 0 Å². The van der Waals surface area contributed by atoms with Crippen molar-refractivity contribution in [3.05, 3.63) is 29.6 Å². The summed E-state index contributed by atoms with van der Waals surface area (Å²) in [6.45, 7) is 2.34. The zero-order chi connectivity index (χ0) is 9.84. The highest BCUT2D eigenvalue weighted by atomic mass is 19.1. The summed E-state index contributed by atoms with van der Waals surface area (Å²) in [7, 11) is 1.51. The maximum absolute atomic E-state index is 13.3. The van der Waals surface area contributed by atoms with E-state index >= 15 is 0 Å². The average Bonchev–Trinajstić information content (AvgIpc) is 2.16. The van der Waals surface area contributed by atoms with Gasteiger partial charge in [0.05, 0.1) is 7.11 Å². The molecule has 2 nitrogen and oxygen atoms in total. The van der Waals surface area contributed by atoms with Crippen LogP contribution in [-0.4, -0.2) is 13.7 Å². The van der Waals surface area contributed by atoms with Crippen molar-refractivity contribution in [2.45, 2.75) is 12.8 Å². The fourth-order valence-electron chi connectivity index (χ4n) is 1.16. The van der Waals surface area contributed by atoms with Crippen molar-refractivity contribution in [1.29, 1.82) is 0 Å². The minimum Gasteiger partial charge on any atom is -0.497 e. The first-order chi connectivity index (χ1) is 6.19. The lowest BCUT2D eigenvalue weighted by Gasteiger charge is -2.10. The highest BCUT2D eigenvalue weighted by molar-refractivity contribution is 5.30. The zero-order valence-electron chi connectivity index (χ0n) is 7.88. The van der Waals surface area contributed by atoms with Crippen molar-refractivity contribution in [2.24, 2.45) is 5.73 Å². The monoisotopic (exact) mass is 183 g/mol. The van der Waals surface area contributed by atoms with E-state index in [0.717, 1.165) is 0 Å². The van der Waals surface area contributed by atoms with Gasteiger partial charge in [0.1, 0.15) is 11.6 Å². The van der Waals surface area contributed by atoms with Crippen molar-refractivity contribution in [2.75, 3.05) is 13.7 Å². The van der Waals surface area contributed by atoms with Gasteiger partial charge in [0, 0.05) is 6.07 Å². The van der Waals surface area contributed by atoms with Crippen molar-refractivity contribution in [3.63, 3.8) is 0 Å². The van der Waals surface area contributed by atoms with E-state index in [4.69, 9.17) is 10.5 Å². The molecule has 0 bridgehead atoms. The van der Waals surface area contributed by atoms with Crippen LogP contribution in [0.15, 0.2) is 18.2 Å². The van der Waals surface area contributed by atoms with Crippen LogP contribution in [0.4, 0.5) is 4.39 Å². The fraction of sp³-hybridized carbons (Fsp3) is 0.400. The molecule has 0 amide bonds. The largest absolute Gasteiger partial charge is 0.497 e. The molecule has 72 valence electrons. The lowest BCUT2D eigenvalue weighted by Crippen LogP contribution is -2.10. The van der Waals surface area contributed by atoms with E-state index in [2.05, 4.69) is 0 Å². The molecule has 0 saturated carbocycles. The molecule has 1 atom stereocenters. The van der Waals surface area contributed by atoms with E-state index in [9.17, 15) is 4.39 Å². The Bertz CT molecular complexity index is 288. The molecule has 1 aromatic rings. The van der Waals surface area contributed by atoms with Crippen LogP contribution in [0.3, 0.4) is 0 Å². The highest BCUT2D eigenvalue weighted by Gasteiger charge is 2.09. The molecule has 0 spiro atoms. The summed E-state index contributed by atoms with van der Waals surface area (Å²) in [5.74, 6) is 0.327. The Balaban J connectivity index is 2.98. The first kappa shape index (κ1) is 9.99. The molecule has 0 aliphatic carbocycles. The van der Waals surface area contributed by atoms with Gasteiger partial charge in [-0.05, 0) is 24.1 Å². The molecule has 0 fully saturated rings. The molecule has 0 aliphatic heterocycles. The molecule has 0 radical (unpaired) electrons. The Morgan fingerprint density at radius 1 is 1.54 bits per heavy atom. The molecule has 1 rings (SSSR count). The molecule has 3 heteroatoms. The van der Waals surface area contributed by atoms with E-state index in [-0.39, 0.29) is 11.7 Å². The molecule has 0 heterocycles. The summed E-state index contributed by atoms with van der Waals surface area (Å²) >= 11 is 0. The van der Waals surface area contributed by atoms with Crippen LogP contribution in [0, 0.1) is 5.82 Å². The van der Waals surface area contributed by atoms with Gasteiger partial charge in [-0.25, -0.2) is 4.39 Å². The van der Waals surface area contributed by atoms with E-state index in [1.165, 1.54) is 13.2 Å². The number of nitrogens with two attached hydrogens (primary N) is 1. The summed E-state index contributed by atoms with van der Waals surface area (Å²) < 4.78 is 18.2. The zero-order valence-corrected chi connectivity index (χ0v) is 7.88. The third-order valence-corrected chi connectivity index (χ3v) is 2.09. The highest BCUT2D eigenvalue weighted by Crippen LogP contribution is 2.22. The number of hydrogen-bond acceptors (Lipinski definition) is 2. The summed E-state index contributed by atoms with van der Waals surface area (Å²) in [5.41, 5.74) is 6.09. The minimum absolute atomic E-state index is 0.0471. The first-order valence-corrected chi connectivity index (χ1v) is 4.22.